The van der Waals surface area contributed by atoms with Crippen molar-refractivity contribution < 1.29 is 0 Å². The minimum absolute atomic E-state index is 0.903. The maximum Gasteiger partial charge on any atom is 0.129 e. The molecule has 0 atom stereocenters. The Labute approximate surface area is 66.9 Å². The Morgan fingerprint density at radius 3 is 2.82 bits per heavy atom. The second-order valence-electron chi connectivity index (χ2n) is 2.28. The van der Waals surface area contributed by atoms with Gasteiger partial charge >= 0.3 is 0 Å². The third-order valence-corrected chi connectivity index (χ3v) is 1.44. The van der Waals surface area contributed by atoms with Gasteiger partial charge in [-0.1, -0.05) is 6.92 Å². The van der Waals surface area contributed by atoms with Crippen molar-refractivity contribution in [3.8, 4) is 0 Å². The van der Waals surface area contributed by atoms with Crippen LogP contribution in [0.25, 0.3) is 0 Å². The Morgan fingerprint density at radius 1 is 1.36 bits per heavy atom. The zero-order valence-electron chi connectivity index (χ0n) is 6.96. The summed E-state index contributed by atoms with van der Waals surface area (Å²) in [5.41, 5.74) is 1.08. The Balaban J connectivity index is 2.74. The van der Waals surface area contributed by atoms with Crippen molar-refractivity contribution in [1.29, 1.82) is 0 Å². The lowest BCUT2D eigenvalue weighted by Gasteiger charge is -2.01. The minimum atomic E-state index is 0.903. The molecule has 60 valence electrons. The fraction of sp³-hybridized carbons (Fsp3) is 0.500. The third-order valence-electron chi connectivity index (χ3n) is 1.44. The summed E-state index contributed by atoms with van der Waals surface area (Å²) in [4.78, 5) is 8.14. The SMILES string of the molecule is CCNc1cc(CC)ncn1. The normalized spacial score (nSPS) is 9.64. The van der Waals surface area contributed by atoms with E-state index in [0.717, 1.165) is 24.5 Å². The average molecular weight is 151 g/mol. The van der Waals surface area contributed by atoms with Crippen molar-refractivity contribution in [2.24, 2.45) is 0 Å². The van der Waals surface area contributed by atoms with Crippen LogP contribution in [-0.4, -0.2) is 16.5 Å². The largest absolute Gasteiger partial charge is 0.370 e. The smallest absolute Gasteiger partial charge is 0.129 e. The van der Waals surface area contributed by atoms with Crippen LogP contribution < -0.4 is 5.32 Å². The van der Waals surface area contributed by atoms with Gasteiger partial charge in [0.15, 0.2) is 0 Å². The van der Waals surface area contributed by atoms with Crippen molar-refractivity contribution >= 4 is 5.82 Å². The molecule has 1 heterocycles. The number of hydrogen-bond acceptors (Lipinski definition) is 3. The van der Waals surface area contributed by atoms with E-state index in [4.69, 9.17) is 0 Å². The topological polar surface area (TPSA) is 37.8 Å². The Kier molecular flexibility index (Phi) is 2.83. The van der Waals surface area contributed by atoms with Crippen molar-refractivity contribution in [2.45, 2.75) is 20.3 Å². The Bertz CT molecular complexity index is 222. The first-order chi connectivity index (χ1) is 5.36. The summed E-state index contributed by atoms with van der Waals surface area (Å²) in [6.07, 6.45) is 2.55. The molecule has 1 rings (SSSR count). The highest BCUT2D eigenvalue weighted by molar-refractivity contribution is 5.34. The lowest BCUT2D eigenvalue weighted by atomic mass is 10.3. The molecular weight excluding hydrogens is 138 g/mol. The molecule has 0 amide bonds. The number of nitrogens with zero attached hydrogens (tertiary/aromatic N) is 2. The molecule has 11 heavy (non-hydrogen) atoms. The summed E-state index contributed by atoms with van der Waals surface area (Å²) in [6.45, 7) is 5.03. The van der Waals surface area contributed by atoms with Gasteiger partial charge in [-0.05, 0) is 13.3 Å². The molecular formula is C8H13N3. The minimum Gasteiger partial charge on any atom is -0.370 e. The van der Waals surface area contributed by atoms with Crippen LogP contribution in [0.15, 0.2) is 12.4 Å². The van der Waals surface area contributed by atoms with E-state index in [9.17, 15) is 0 Å². The molecule has 3 heteroatoms. The first kappa shape index (κ1) is 7.98. The molecule has 0 aliphatic rings. The van der Waals surface area contributed by atoms with E-state index in [1.807, 2.05) is 13.0 Å². The molecule has 0 radical (unpaired) electrons. The molecule has 0 bridgehead atoms. The zero-order valence-corrected chi connectivity index (χ0v) is 6.96. The Hall–Kier alpha value is -1.12. The predicted molar refractivity (Wildman–Crippen MR) is 45.6 cm³/mol. The molecule has 0 aromatic carbocycles. The van der Waals surface area contributed by atoms with Crippen LogP contribution in [0, 0.1) is 0 Å². The standard InChI is InChI=1S/C8H13N3/c1-3-7-5-8(9-4-2)11-6-10-7/h5-6H,3-4H2,1-2H3,(H,9,10,11). The summed E-state index contributed by atoms with van der Waals surface area (Å²) in [5.74, 6) is 0.916. The van der Waals surface area contributed by atoms with E-state index in [-0.39, 0.29) is 0 Å². The average Bonchev–Trinajstić information content (AvgIpc) is 2.06. The van der Waals surface area contributed by atoms with Crippen LogP contribution in [0.3, 0.4) is 0 Å². The highest BCUT2D eigenvalue weighted by Gasteiger charge is 1.93. The number of hydrogen-bond donors (Lipinski definition) is 1. The van der Waals surface area contributed by atoms with E-state index in [1.165, 1.54) is 0 Å². The van der Waals surface area contributed by atoms with Crippen LogP contribution in [0.2, 0.25) is 0 Å². The van der Waals surface area contributed by atoms with Gasteiger partial charge in [0.25, 0.3) is 0 Å². The summed E-state index contributed by atoms with van der Waals surface area (Å²) >= 11 is 0. The number of anilines is 1. The van der Waals surface area contributed by atoms with E-state index < -0.39 is 0 Å². The highest BCUT2D eigenvalue weighted by atomic mass is 15.0. The summed E-state index contributed by atoms with van der Waals surface area (Å²) < 4.78 is 0. The number of nitrogens with one attached hydrogen (secondary N) is 1. The molecule has 0 unspecified atom stereocenters. The van der Waals surface area contributed by atoms with Gasteiger partial charge in [-0.3, -0.25) is 0 Å². The monoisotopic (exact) mass is 151 g/mol. The van der Waals surface area contributed by atoms with Crippen LogP contribution in [0.1, 0.15) is 19.5 Å². The quantitative estimate of drug-likeness (QED) is 0.710. The fourth-order valence-electron chi connectivity index (χ4n) is 0.869. The second-order valence-corrected chi connectivity index (χ2v) is 2.28. The molecule has 1 aromatic rings. The van der Waals surface area contributed by atoms with Gasteiger partial charge < -0.3 is 5.32 Å². The lowest BCUT2D eigenvalue weighted by molar-refractivity contribution is 0.992. The number of aromatic nitrogens is 2. The predicted octanol–water partition coefficient (Wildman–Crippen LogP) is 1.47. The van der Waals surface area contributed by atoms with Gasteiger partial charge in [-0.25, -0.2) is 9.97 Å². The van der Waals surface area contributed by atoms with Crippen molar-refractivity contribution in [3.63, 3.8) is 0 Å². The molecule has 0 spiro atoms. The van der Waals surface area contributed by atoms with Crippen LogP contribution >= 0.6 is 0 Å². The van der Waals surface area contributed by atoms with Gasteiger partial charge in [-0.2, -0.15) is 0 Å². The van der Waals surface area contributed by atoms with Gasteiger partial charge in [0.05, 0.1) is 0 Å². The van der Waals surface area contributed by atoms with E-state index in [2.05, 4.69) is 22.2 Å². The van der Waals surface area contributed by atoms with Gasteiger partial charge in [-0.15, -0.1) is 0 Å². The van der Waals surface area contributed by atoms with Crippen molar-refractivity contribution in [1.82, 2.24) is 9.97 Å². The maximum atomic E-state index is 4.09. The molecule has 0 saturated heterocycles. The van der Waals surface area contributed by atoms with E-state index in [0.29, 0.717) is 0 Å². The molecule has 1 aromatic heterocycles. The maximum absolute atomic E-state index is 4.09. The first-order valence-electron chi connectivity index (χ1n) is 3.91. The molecule has 0 fully saturated rings. The highest BCUT2D eigenvalue weighted by Crippen LogP contribution is 2.02. The van der Waals surface area contributed by atoms with Crippen LogP contribution in [-0.2, 0) is 6.42 Å². The van der Waals surface area contributed by atoms with Gasteiger partial charge in [0.1, 0.15) is 12.1 Å². The van der Waals surface area contributed by atoms with Crippen LogP contribution in [0.4, 0.5) is 5.82 Å². The zero-order chi connectivity index (χ0) is 8.10. The molecule has 3 nitrogen and oxygen atoms in total. The third kappa shape index (κ3) is 2.18. The molecule has 0 aliphatic carbocycles. The summed E-state index contributed by atoms with van der Waals surface area (Å²) in [5, 5.41) is 3.13. The van der Waals surface area contributed by atoms with E-state index >= 15 is 0 Å². The number of rotatable bonds is 3. The first-order valence-corrected chi connectivity index (χ1v) is 3.91. The van der Waals surface area contributed by atoms with Crippen LogP contribution in [0.5, 0.6) is 0 Å². The fourth-order valence-corrected chi connectivity index (χ4v) is 0.869. The van der Waals surface area contributed by atoms with E-state index in [1.54, 1.807) is 6.33 Å². The number of aryl methyl sites for hydroxylation is 1. The van der Waals surface area contributed by atoms with Gasteiger partial charge in [0, 0.05) is 18.3 Å². The van der Waals surface area contributed by atoms with Gasteiger partial charge in [0.2, 0.25) is 0 Å². The van der Waals surface area contributed by atoms with Crippen molar-refractivity contribution in [2.75, 3.05) is 11.9 Å². The molecule has 0 saturated carbocycles. The molecule has 0 aliphatic heterocycles. The Morgan fingerprint density at radius 2 is 2.18 bits per heavy atom. The van der Waals surface area contributed by atoms with Crippen molar-refractivity contribution in [3.05, 3.63) is 18.1 Å². The lowest BCUT2D eigenvalue weighted by Crippen LogP contribution is -2.00. The second kappa shape index (κ2) is 3.91. The summed E-state index contributed by atoms with van der Waals surface area (Å²) in [7, 11) is 0. The molecule has 1 N–H and O–H groups in total. The summed E-state index contributed by atoms with van der Waals surface area (Å²) in [6, 6.07) is 1.98.